The Morgan fingerprint density at radius 1 is 1.20 bits per heavy atom. The van der Waals surface area contributed by atoms with Gasteiger partial charge in [-0.2, -0.15) is 0 Å². The zero-order valence-electron chi connectivity index (χ0n) is 12.5. The molecule has 2 fully saturated rings. The average molecular weight is 276 g/mol. The fourth-order valence-corrected chi connectivity index (χ4v) is 3.86. The second kappa shape index (κ2) is 5.82. The summed E-state index contributed by atoms with van der Waals surface area (Å²) in [4.78, 5) is 2.51. The number of halogens is 1. The van der Waals surface area contributed by atoms with Crippen LogP contribution >= 0.6 is 0 Å². The molecule has 3 unspecified atom stereocenters. The molecule has 2 aliphatic heterocycles. The lowest BCUT2D eigenvalue weighted by Crippen LogP contribution is -2.47. The lowest BCUT2D eigenvalue weighted by molar-refractivity contribution is 0.166. The van der Waals surface area contributed by atoms with Gasteiger partial charge in [-0.3, -0.25) is 0 Å². The predicted octanol–water partition coefficient (Wildman–Crippen LogP) is 3.14. The van der Waals surface area contributed by atoms with Crippen LogP contribution in [0.3, 0.4) is 0 Å². The predicted molar refractivity (Wildman–Crippen MR) is 80.4 cm³/mol. The van der Waals surface area contributed by atoms with Gasteiger partial charge < -0.3 is 10.2 Å². The van der Waals surface area contributed by atoms with E-state index in [1.165, 1.54) is 31.2 Å². The number of benzene rings is 1. The van der Waals surface area contributed by atoms with Gasteiger partial charge in [-0.1, -0.05) is 19.1 Å². The molecule has 1 aromatic rings. The first-order valence-electron chi connectivity index (χ1n) is 7.83. The minimum absolute atomic E-state index is 0.149. The molecule has 2 nitrogen and oxygen atoms in total. The number of nitrogens with one attached hydrogen (secondary N) is 1. The highest BCUT2D eigenvalue weighted by Crippen LogP contribution is 2.30. The van der Waals surface area contributed by atoms with Crippen LogP contribution in [0.5, 0.6) is 0 Å². The van der Waals surface area contributed by atoms with Crippen molar-refractivity contribution in [2.75, 3.05) is 13.6 Å². The summed E-state index contributed by atoms with van der Waals surface area (Å²) in [6, 6.07) is 9.15. The summed E-state index contributed by atoms with van der Waals surface area (Å²) in [5.74, 6) is 0.303. The number of rotatable bonds is 4. The first-order chi connectivity index (χ1) is 9.61. The number of piperidine rings is 1. The van der Waals surface area contributed by atoms with E-state index in [0.717, 1.165) is 18.6 Å². The molecular weight excluding hydrogens is 251 g/mol. The van der Waals surface area contributed by atoms with Crippen molar-refractivity contribution in [3.05, 3.63) is 35.6 Å². The second-order valence-electron chi connectivity index (χ2n) is 6.66. The third-order valence-corrected chi connectivity index (χ3v) is 5.07. The molecule has 1 N–H and O–H groups in total. The number of fused-ring (bicyclic) bond motifs is 2. The zero-order valence-corrected chi connectivity index (χ0v) is 12.5. The van der Waals surface area contributed by atoms with Gasteiger partial charge in [0.15, 0.2) is 0 Å². The Labute approximate surface area is 121 Å². The monoisotopic (exact) mass is 276 g/mol. The molecule has 0 aliphatic carbocycles. The molecule has 3 heteroatoms. The second-order valence-corrected chi connectivity index (χ2v) is 6.66. The van der Waals surface area contributed by atoms with Gasteiger partial charge in [-0.05, 0) is 56.3 Å². The van der Waals surface area contributed by atoms with Crippen LogP contribution in [0.1, 0.15) is 44.1 Å². The highest BCUT2D eigenvalue weighted by atomic mass is 19.1. The number of nitrogens with zero attached hydrogens (tertiary/aromatic N) is 1. The van der Waals surface area contributed by atoms with Crippen molar-refractivity contribution in [2.24, 2.45) is 0 Å². The first-order valence-corrected chi connectivity index (χ1v) is 7.83. The van der Waals surface area contributed by atoms with Crippen molar-refractivity contribution >= 4 is 0 Å². The molecule has 0 amide bonds. The fraction of sp³-hybridized carbons (Fsp3) is 0.647. The van der Waals surface area contributed by atoms with Crippen molar-refractivity contribution in [1.82, 2.24) is 10.2 Å². The van der Waals surface area contributed by atoms with Gasteiger partial charge in [0.25, 0.3) is 0 Å². The van der Waals surface area contributed by atoms with E-state index in [2.05, 4.69) is 24.2 Å². The van der Waals surface area contributed by atoms with Gasteiger partial charge in [-0.15, -0.1) is 0 Å². The van der Waals surface area contributed by atoms with Crippen LogP contribution < -0.4 is 5.32 Å². The summed E-state index contributed by atoms with van der Waals surface area (Å²) in [5.41, 5.74) is 1.23. The van der Waals surface area contributed by atoms with E-state index < -0.39 is 0 Å². The molecule has 1 aromatic carbocycles. The minimum Gasteiger partial charge on any atom is -0.311 e. The lowest BCUT2D eigenvalue weighted by atomic mass is 9.95. The molecule has 110 valence electrons. The molecule has 0 aromatic heterocycles. The van der Waals surface area contributed by atoms with E-state index >= 15 is 0 Å². The normalized spacial score (nSPS) is 30.7. The molecule has 0 spiro atoms. The maximum atomic E-state index is 13.0. The highest BCUT2D eigenvalue weighted by Gasteiger charge is 2.35. The Kier molecular flexibility index (Phi) is 4.08. The van der Waals surface area contributed by atoms with Crippen LogP contribution in [0.15, 0.2) is 24.3 Å². The maximum absolute atomic E-state index is 13.0. The highest BCUT2D eigenvalue weighted by molar-refractivity contribution is 5.20. The number of hydrogen-bond acceptors (Lipinski definition) is 2. The van der Waals surface area contributed by atoms with Crippen molar-refractivity contribution in [3.8, 4) is 0 Å². The largest absolute Gasteiger partial charge is 0.311 e. The van der Waals surface area contributed by atoms with Gasteiger partial charge in [0.05, 0.1) is 0 Å². The van der Waals surface area contributed by atoms with Crippen LogP contribution in [0.4, 0.5) is 4.39 Å². The van der Waals surface area contributed by atoms with Gasteiger partial charge in [0.1, 0.15) is 5.82 Å². The summed E-state index contributed by atoms with van der Waals surface area (Å²) in [5, 5.41) is 3.70. The number of hydrogen-bond donors (Lipinski definition) is 1. The van der Waals surface area contributed by atoms with Crippen LogP contribution in [0, 0.1) is 5.82 Å². The SMILES string of the molecule is CC(CN(C)C1CC2CCC(C1)N2)c1ccc(F)cc1. The van der Waals surface area contributed by atoms with E-state index in [1.54, 1.807) is 12.1 Å². The Morgan fingerprint density at radius 3 is 2.40 bits per heavy atom. The van der Waals surface area contributed by atoms with Crippen LogP contribution in [0.2, 0.25) is 0 Å². The van der Waals surface area contributed by atoms with Crippen LogP contribution in [0.25, 0.3) is 0 Å². The summed E-state index contributed by atoms with van der Waals surface area (Å²) in [7, 11) is 2.25. The van der Waals surface area contributed by atoms with E-state index in [1.807, 2.05) is 12.1 Å². The van der Waals surface area contributed by atoms with Crippen molar-refractivity contribution < 1.29 is 4.39 Å². The van der Waals surface area contributed by atoms with Gasteiger partial charge >= 0.3 is 0 Å². The van der Waals surface area contributed by atoms with Gasteiger partial charge in [0, 0.05) is 24.7 Å². The average Bonchev–Trinajstić information content (AvgIpc) is 2.78. The van der Waals surface area contributed by atoms with Crippen LogP contribution in [-0.2, 0) is 0 Å². The molecule has 2 aliphatic rings. The molecule has 3 rings (SSSR count). The molecule has 0 saturated carbocycles. The quantitative estimate of drug-likeness (QED) is 0.909. The molecule has 2 saturated heterocycles. The van der Waals surface area contributed by atoms with E-state index in [4.69, 9.17) is 0 Å². The molecule has 20 heavy (non-hydrogen) atoms. The zero-order chi connectivity index (χ0) is 14.1. The summed E-state index contributed by atoms with van der Waals surface area (Å²) in [6.07, 6.45) is 5.26. The fourth-order valence-electron chi connectivity index (χ4n) is 3.86. The summed E-state index contributed by atoms with van der Waals surface area (Å²) in [6.45, 7) is 3.29. The molecular formula is C17H25FN2. The molecule has 0 radical (unpaired) electrons. The standard InChI is InChI=1S/C17H25FN2/c1-12(13-3-5-14(18)6-4-13)11-20(2)17-9-15-7-8-16(10-17)19-15/h3-6,12,15-17,19H,7-11H2,1-2H3. The van der Waals surface area contributed by atoms with E-state index in [9.17, 15) is 4.39 Å². The Balaban J connectivity index is 1.58. The lowest BCUT2D eigenvalue weighted by Gasteiger charge is -2.36. The Morgan fingerprint density at radius 2 is 1.80 bits per heavy atom. The first kappa shape index (κ1) is 14.0. The van der Waals surface area contributed by atoms with E-state index in [0.29, 0.717) is 12.0 Å². The summed E-state index contributed by atoms with van der Waals surface area (Å²) < 4.78 is 13.0. The van der Waals surface area contributed by atoms with Crippen LogP contribution in [-0.4, -0.2) is 36.6 Å². The number of likely N-dealkylation sites (N-methyl/N-ethyl adjacent to an activating group) is 1. The maximum Gasteiger partial charge on any atom is 0.123 e. The van der Waals surface area contributed by atoms with Crippen molar-refractivity contribution in [1.29, 1.82) is 0 Å². The smallest absolute Gasteiger partial charge is 0.123 e. The summed E-state index contributed by atoms with van der Waals surface area (Å²) >= 11 is 0. The minimum atomic E-state index is -0.149. The van der Waals surface area contributed by atoms with Crippen molar-refractivity contribution in [2.45, 2.75) is 56.7 Å². The van der Waals surface area contributed by atoms with Gasteiger partial charge in [-0.25, -0.2) is 4.39 Å². The molecule has 3 atom stereocenters. The third-order valence-electron chi connectivity index (χ3n) is 5.07. The van der Waals surface area contributed by atoms with Gasteiger partial charge in [0.2, 0.25) is 0 Å². The van der Waals surface area contributed by atoms with E-state index in [-0.39, 0.29) is 5.82 Å². The van der Waals surface area contributed by atoms with Crippen molar-refractivity contribution in [3.63, 3.8) is 0 Å². The molecule has 2 heterocycles. The third kappa shape index (κ3) is 3.04. The topological polar surface area (TPSA) is 15.3 Å². The Hall–Kier alpha value is -0.930. The Bertz CT molecular complexity index is 433. The molecule has 2 bridgehead atoms.